The van der Waals surface area contributed by atoms with Crippen molar-refractivity contribution in [1.82, 2.24) is 4.90 Å². The van der Waals surface area contributed by atoms with E-state index in [-0.39, 0.29) is 18.2 Å². The Labute approximate surface area is 159 Å². The predicted molar refractivity (Wildman–Crippen MR) is 103 cm³/mol. The largest absolute Gasteiger partial charge is 0.493 e. The smallest absolute Gasteiger partial charge is 0.254 e. The number of methoxy groups -OCH3 is 2. The molecule has 1 saturated heterocycles. The molecule has 1 fully saturated rings. The Hall–Kier alpha value is -2.54. The molecule has 0 N–H and O–H groups in total. The van der Waals surface area contributed by atoms with E-state index in [1.54, 1.807) is 23.1 Å². The summed E-state index contributed by atoms with van der Waals surface area (Å²) in [5.74, 6) is 0.746. The van der Waals surface area contributed by atoms with Crippen LogP contribution >= 0.6 is 0 Å². The Bertz CT molecular complexity index is 911. The van der Waals surface area contributed by atoms with Crippen molar-refractivity contribution in [3.05, 3.63) is 59.7 Å². The van der Waals surface area contributed by atoms with Gasteiger partial charge in [0.2, 0.25) is 0 Å². The highest BCUT2D eigenvalue weighted by Crippen LogP contribution is 2.31. The second-order valence-corrected chi connectivity index (χ2v) is 8.72. The van der Waals surface area contributed by atoms with Crippen molar-refractivity contribution in [1.29, 1.82) is 0 Å². The summed E-state index contributed by atoms with van der Waals surface area (Å²) in [6, 6.07) is 14.1. The van der Waals surface area contributed by atoms with Gasteiger partial charge in [0.25, 0.3) is 5.91 Å². The number of nitrogens with zero attached hydrogens (tertiary/aromatic N) is 1. The van der Waals surface area contributed by atoms with Crippen LogP contribution in [0.2, 0.25) is 0 Å². The Kier molecular flexibility index (Phi) is 5.70. The van der Waals surface area contributed by atoms with Crippen LogP contribution in [0.25, 0.3) is 0 Å². The molecule has 2 aromatic rings. The topological polar surface area (TPSA) is 72.9 Å². The molecule has 1 aliphatic rings. The molecular formula is C20H23NO5S. The third kappa shape index (κ3) is 4.08. The Balaban J connectivity index is 1.82. The average Bonchev–Trinajstić information content (AvgIpc) is 2.85. The minimum atomic E-state index is -3.32. The van der Waals surface area contributed by atoms with Gasteiger partial charge in [-0.3, -0.25) is 4.79 Å². The van der Waals surface area contributed by atoms with Gasteiger partial charge in [-0.05, 0) is 30.2 Å². The number of hydrogen-bond donors (Lipinski definition) is 0. The summed E-state index contributed by atoms with van der Waals surface area (Å²) in [4.78, 5) is 14.5. The van der Waals surface area contributed by atoms with Gasteiger partial charge in [0.15, 0.2) is 21.3 Å². The van der Waals surface area contributed by atoms with Crippen LogP contribution in [0, 0.1) is 0 Å². The first-order valence-electron chi connectivity index (χ1n) is 8.74. The summed E-state index contributed by atoms with van der Waals surface area (Å²) in [6.45, 7) is 0.560. The van der Waals surface area contributed by atoms with E-state index in [0.717, 1.165) is 5.56 Å². The molecule has 0 aliphatic carbocycles. The van der Waals surface area contributed by atoms with Gasteiger partial charge < -0.3 is 14.4 Å². The number of benzene rings is 2. The van der Waals surface area contributed by atoms with Crippen molar-refractivity contribution in [2.24, 2.45) is 0 Å². The lowest BCUT2D eigenvalue weighted by Crippen LogP contribution is -2.33. The fourth-order valence-electron chi connectivity index (χ4n) is 3.34. The summed E-state index contributed by atoms with van der Waals surface area (Å²) in [7, 11) is -0.284. The Morgan fingerprint density at radius 1 is 1.00 bits per heavy atom. The fraction of sp³-hybridized carbons (Fsp3) is 0.350. The van der Waals surface area contributed by atoms with Crippen molar-refractivity contribution < 1.29 is 22.7 Å². The molecule has 2 aromatic carbocycles. The molecule has 1 aliphatic heterocycles. The number of amides is 1. The van der Waals surface area contributed by atoms with Gasteiger partial charge in [-0.25, -0.2) is 8.42 Å². The second-order valence-electron chi connectivity index (χ2n) is 6.42. The minimum absolute atomic E-state index is 0.0500. The van der Waals surface area contributed by atoms with Gasteiger partial charge in [-0.2, -0.15) is 0 Å². The molecule has 3 rings (SSSR count). The van der Waals surface area contributed by atoms with Crippen LogP contribution in [0.4, 0.5) is 0 Å². The van der Waals surface area contributed by atoms with Crippen LogP contribution < -0.4 is 9.47 Å². The Morgan fingerprint density at radius 3 is 2.37 bits per heavy atom. The van der Waals surface area contributed by atoms with Gasteiger partial charge in [-0.1, -0.05) is 30.3 Å². The van der Waals surface area contributed by atoms with Gasteiger partial charge in [0.1, 0.15) is 0 Å². The average molecular weight is 389 g/mol. The number of sulfone groups is 1. The van der Waals surface area contributed by atoms with Crippen LogP contribution in [-0.4, -0.2) is 52.3 Å². The van der Waals surface area contributed by atoms with Crippen LogP contribution in [-0.2, 0) is 9.84 Å². The summed E-state index contributed by atoms with van der Waals surface area (Å²) >= 11 is 0. The van der Waals surface area contributed by atoms with E-state index in [1.807, 2.05) is 30.3 Å². The third-order valence-electron chi connectivity index (χ3n) is 4.83. The maximum Gasteiger partial charge on any atom is 0.254 e. The van der Waals surface area contributed by atoms with E-state index in [0.29, 0.717) is 30.0 Å². The quantitative estimate of drug-likeness (QED) is 0.804. The molecule has 6 nitrogen and oxygen atoms in total. The molecule has 0 bridgehead atoms. The van der Waals surface area contributed by atoms with Gasteiger partial charge in [0, 0.05) is 18.7 Å². The maximum absolute atomic E-state index is 12.9. The molecule has 1 amide bonds. The molecule has 0 radical (unpaired) electrons. The van der Waals surface area contributed by atoms with E-state index < -0.39 is 15.1 Å². The molecule has 27 heavy (non-hydrogen) atoms. The van der Waals surface area contributed by atoms with Crippen molar-refractivity contribution in [2.45, 2.75) is 11.7 Å². The molecule has 1 unspecified atom stereocenters. The molecule has 7 heteroatoms. The third-order valence-corrected chi connectivity index (χ3v) is 6.96. The van der Waals surface area contributed by atoms with E-state index in [4.69, 9.17) is 9.47 Å². The molecule has 1 atom stereocenters. The first kappa shape index (κ1) is 19.2. The SMILES string of the molecule is COc1ccc(C(=O)N2CCC(c3ccccc3)S(=O)(=O)CC2)cc1OC. The zero-order chi connectivity index (χ0) is 19.4. The van der Waals surface area contributed by atoms with Crippen LogP contribution in [0.5, 0.6) is 11.5 Å². The lowest BCUT2D eigenvalue weighted by atomic mass is 10.1. The summed E-state index contributed by atoms with van der Waals surface area (Å²) in [6.07, 6.45) is 0.380. The molecule has 0 aromatic heterocycles. The van der Waals surface area contributed by atoms with Crippen molar-refractivity contribution in [2.75, 3.05) is 33.1 Å². The highest BCUT2D eigenvalue weighted by Gasteiger charge is 2.33. The first-order valence-corrected chi connectivity index (χ1v) is 10.5. The molecule has 1 heterocycles. The zero-order valence-corrected chi connectivity index (χ0v) is 16.2. The highest BCUT2D eigenvalue weighted by atomic mass is 32.2. The lowest BCUT2D eigenvalue weighted by molar-refractivity contribution is 0.0766. The minimum Gasteiger partial charge on any atom is -0.493 e. The number of ether oxygens (including phenoxy) is 2. The van der Waals surface area contributed by atoms with Crippen molar-refractivity contribution in [3.63, 3.8) is 0 Å². The summed E-state index contributed by atoms with van der Waals surface area (Å²) < 4.78 is 35.9. The standard InChI is InChI=1S/C20H23NO5S/c1-25-17-9-8-16(14-18(17)26-2)20(22)21-11-10-19(27(23,24)13-12-21)15-6-4-3-5-7-15/h3-9,14,19H,10-13H2,1-2H3. The number of hydrogen-bond acceptors (Lipinski definition) is 5. The fourth-order valence-corrected chi connectivity index (χ4v) is 5.14. The second kappa shape index (κ2) is 8.00. The summed E-state index contributed by atoms with van der Waals surface area (Å²) in [5.41, 5.74) is 1.22. The van der Waals surface area contributed by atoms with Crippen molar-refractivity contribution >= 4 is 15.7 Å². The van der Waals surface area contributed by atoms with Gasteiger partial charge >= 0.3 is 0 Å². The van der Waals surface area contributed by atoms with E-state index in [9.17, 15) is 13.2 Å². The van der Waals surface area contributed by atoms with Crippen LogP contribution in [0.1, 0.15) is 27.6 Å². The monoisotopic (exact) mass is 389 g/mol. The first-order chi connectivity index (χ1) is 13.0. The van der Waals surface area contributed by atoms with E-state index >= 15 is 0 Å². The highest BCUT2D eigenvalue weighted by molar-refractivity contribution is 7.91. The molecular weight excluding hydrogens is 366 g/mol. The van der Waals surface area contributed by atoms with Crippen LogP contribution in [0.3, 0.4) is 0 Å². The van der Waals surface area contributed by atoms with E-state index in [1.165, 1.54) is 14.2 Å². The zero-order valence-electron chi connectivity index (χ0n) is 15.4. The number of carbonyl (C=O) groups excluding carboxylic acids is 1. The normalized spacial score (nSPS) is 19.2. The lowest BCUT2D eigenvalue weighted by Gasteiger charge is -2.20. The van der Waals surface area contributed by atoms with Crippen molar-refractivity contribution in [3.8, 4) is 11.5 Å². The molecule has 0 saturated carbocycles. The molecule has 0 spiro atoms. The molecule has 144 valence electrons. The Morgan fingerprint density at radius 2 is 1.70 bits per heavy atom. The predicted octanol–water partition coefficient (Wildman–Crippen LogP) is 2.71. The van der Waals surface area contributed by atoms with Crippen LogP contribution in [0.15, 0.2) is 48.5 Å². The van der Waals surface area contributed by atoms with E-state index in [2.05, 4.69) is 0 Å². The van der Waals surface area contributed by atoms with Gasteiger partial charge in [0.05, 0.1) is 25.2 Å². The van der Waals surface area contributed by atoms with Gasteiger partial charge in [-0.15, -0.1) is 0 Å². The number of carbonyl (C=O) groups is 1. The number of rotatable bonds is 4. The summed E-state index contributed by atoms with van der Waals surface area (Å²) in [5, 5.41) is -0.582. The maximum atomic E-state index is 12.9.